The van der Waals surface area contributed by atoms with E-state index in [1.807, 2.05) is 13.0 Å². The van der Waals surface area contributed by atoms with Crippen LogP contribution in [0.4, 0.5) is 8.78 Å². The van der Waals surface area contributed by atoms with E-state index < -0.39 is 6.61 Å². The highest BCUT2D eigenvalue weighted by molar-refractivity contribution is 5.30. The molecule has 6 heteroatoms. The molecule has 0 aliphatic heterocycles. The molecule has 114 valence electrons. The number of hydrogen-bond donors (Lipinski definition) is 2. The first-order chi connectivity index (χ1) is 10.1. The summed E-state index contributed by atoms with van der Waals surface area (Å²) in [5, 5.41) is 3.36. The summed E-state index contributed by atoms with van der Waals surface area (Å²) in [6.07, 6.45) is 5.37. The van der Waals surface area contributed by atoms with Crippen LogP contribution < -0.4 is 10.1 Å². The summed E-state index contributed by atoms with van der Waals surface area (Å²) in [5.74, 6) is 1.16. The van der Waals surface area contributed by atoms with Crippen molar-refractivity contribution in [3.05, 3.63) is 48.0 Å². The van der Waals surface area contributed by atoms with Gasteiger partial charge in [-0.1, -0.05) is 12.1 Å². The lowest BCUT2D eigenvalue weighted by atomic mass is 10.1. The van der Waals surface area contributed by atoms with Gasteiger partial charge in [-0.3, -0.25) is 0 Å². The third kappa shape index (κ3) is 5.15. The minimum absolute atomic E-state index is 0.0721. The van der Waals surface area contributed by atoms with E-state index in [-0.39, 0.29) is 11.8 Å². The van der Waals surface area contributed by atoms with Crippen molar-refractivity contribution in [2.24, 2.45) is 0 Å². The highest BCUT2D eigenvalue weighted by Gasteiger charge is 2.08. The third-order valence-corrected chi connectivity index (χ3v) is 3.18. The fourth-order valence-electron chi connectivity index (χ4n) is 2.09. The van der Waals surface area contributed by atoms with E-state index in [4.69, 9.17) is 0 Å². The molecular weight excluding hydrogens is 276 g/mol. The maximum absolute atomic E-state index is 12.2. The SMILES string of the molecule is CC(NCCCc1ncc[nH]1)c1cccc(OC(F)F)c1. The van der Waals surface area contributed by atoms with Crippen LogP contribution in [0.3, 0.4) is 0 Å². The van der Waals surface area contributed by atoms with E-state index >= 15 is 0 Å². The van der Waals surface area contributed by atoms with E-state index in [9.17, 15) is 8.78 Å². The Morgan fingerprint density at radius 1 is 1.38 bits per heavy atom. The Morgan fingerprint density at radius 3 is 2.95 bits per heavy atom. The Labute approximate surface area is 122 Å². The summed E-state index contributed by atoms with van der Waals surface area (Å²) in [6.45, 7) is 0.0210. The molecule has 1 unspecified atom stereocenters. The molecule has 0 radical (unpaired) electrons. The minimum atomic E-state index is -2.79. The van der Waals surface area contributed by atoms with Crippen LogP contribution in [0, 0.1) is 0 Å². The predicted molar refractivity (Wildman–Crippen MR) is 76.4 cm³/mol. The van der Waals surface area contributed by atoms with Gasteiger partial charge in [-0.05, 0) is 37.6 Å². The van der Waals surface area contributed by atoms with Crippen LogP contribution in [0.1, 0.15) is 30.8 Å². The summed E-state index contributed by atoms with van der Waals surface area (Å²) in [5.41, 5.74) is 0.922. The number of hydrogen-bond acceptors (Lipinski definition) is 3. The number of aromatic amines is 1. The van der Waals surface area contributed by atoms with E-state index in [2.05, 4.69) is 20.0 Å². The number of imidazole rings is 1. The Balaban J connectivity index is 1.78. The average molecular weight is 295 g/mol. The van der Waals surface area contributed by atoms with Gasteiger partial charge in [0.25, 0.3) is 0 Å². The van der Waals surface area contributed by atoms with Gasteiger partial charge in [0.1, 0.15) is 11.6 Å². The molecule has 2 rings (SSSR count). The Hall–Kier alpha value is -1.95. The van der Waals surface area contributed by atoms with Crippen LogP contribution in [0.2, 0.25) is 0 Å². The second-order valence-corrected chi connectivity index (χ2v) is 4.77. The molecule has 21 heavy (non-hydrogen) atoms. The van der Waals surface area contributed by atoms with Gasteiger partial charge in [0.05, 0.1) is 0 Å². The van der Waals surface area contributed by atoms with Gasteiger partial charge in [0, 0.05) is 24.9 Å². The summed E-state index contributed by atoms with van der Waals surface area (Å²) >= 11 is 0. The summed E-state index contributed by atoms with van der Waals surface area (Å²) in [4.78, 5) is 7.22. The smallest absolute Gasteiger partial charge is 0.387 e. The Bertz CT molecular complexity index is 531. The number of H-pyrrole nitrogens is 1. The maximum atomic E-state index is 12.2. The quantitative estimate of drug-likeness (QED) is 0.735. The molecule has 1 aromatic heterocycles. The zero-order valence-electron chi connectivity index (χ0n) is 11.9. The zero-order valence-corrected chi connectivity index (χ0v) is 11.9. The molecule has 0 saturated heterocycles. The van der Waals surface area contributed by atoms with Gasteiger partial charge in [-0.2, -0.15) is 8.78 Å². The number of halogens is 2. The van der Waals surface area contributed by atoms with Gasteiger partial charge in [0.2, 0.25) is 0 Å². The molecule has 2 aromatic rings. The molecule has 0 bridgehead atoms. The van der Waals surface area contributed by atoms with Gasteiger partial charge < -0.3 is 15.0 Å². The van der Waals surface area contributed by atoms with Gasteiger partial charge >= 0.3 is 6.61 Å². The van der Waals surface area contributed by atoms with Crippen LogP contribution >= 0.6 is 0 Å². The number of ether oxygens (including phenoxy) is 1. The van der Waals surface area contributed by atoms with Crippen molar-refractivity contribution in [3.63, 3.8) is 0 Å². The van der Waals surface area contributed by atoms with Crippen LogP contribution in [-0.2, 0) is 6.42 Å². The van der Waals surface area contributed by atoms with Crippen molar-refractivity contribution in [3.8, 4) is 5.75 Å². The molecule has 0 aliphatic rings. The normalized spacial score (nSPS) is 12.6. The molecule has 0 aliphatic carbocycles. The summed E-state index contributed by atoms with van der Waals surface area (Å²) in [6, 6.07) is 6.84. The summed E-state index contributed by atoms with van der Waals surface area (Å²) in [7, 11) is 0. The topological polar surface area (TPSA) is 49.9 Å². The Morgan fingerprint density at radius 2 is 2.24 bits per heavy atom. The lowest BCUT2D eigenvalue weighted by Gasteiger charge is -2.15. The second-order valence-electron chi connectivity index (χ2n) is 4.77. The second kappa shape index (κ2) is 7.73. The van der Waals surface area contributed by atoms with Crippen molar-refractivity contribution in [1.29, 1.82) is 0 Å². The van der Waals surface area contributed by atoms with E-state index in [0.717, 1.165) is 30.8 Å². The number of nitrogens with one attached hydrogen (secondary N) is 2. The number of aromatic nitrogens is 2. The predicted octanol–water partition coefficient (Wildman–Crippen LogP) is 3.29. The number of aryl methyl sites for hydroxylation is 1. The molecule has 4 nitrogen and oxygen atoms in total. The van der Waals surface area contributed by atoms with Crippen molar-refractivity contribution in [2.75, 3.05) is 6.54 Å². The minimum Gasteiger partial charge on any atom is -0.435 e. The number of nitrogens with zero attached hydrogens (tertiary/aromatic N) is 1. The Kier molecular flexibility index (Phi) is 5.68. The number of benzene rings is 1. The summed E-state index contributed by atoms with van der Waals surface area (Å²) < 4.78 is 28.8. The van der Waals surface area contributed by atoms with Crippen molar-refractivity contribution in [2.45, 2.75) is 32.4 Å². The third-order valence-electron chi connectivity index (χ3n) is 3.18. The molecule has 1 atom stereocenters. The highest BCUT2D eigenvalue weighted by atomic mass is 19.3. The molecule has 1 heterocycles. The standard InChI is InChI=1S/C15H19F2N3O/c1-11(18-7-3-6-14-19-8-9-20-14)12-4-2-5-13(10-12)21-15(16)17/h2,4-5,8-11,15,18H,3,6-7H2,1H3,(H,19,20). The molecule has 1 aromatic carbocycles. The lowest BCUT2D eigenvalue weighted by Crippen LogP contribution is -2.20. The van der Waals surface area contributed by atoms with E-state index in [1.54, 1.807) is 24.5 Å². The number of alkyl halides is 2. The molecular formula is C15H19F2N3O. The maximum Gasteiger partial charge on any atom is 0.387 e. The van der Waals surface area contributed by atoms with Crippen molar-refractivity contribution >= 4 is 0 Å². The molecule has 0 saturated carbocycles. The van der Waals surface area contributed by atoms with E-state index in [0.29, 0.717) is 0 Å². The fraction of sp³-hybridized carbons (Fsp3) is 0.400. The largest absolute Gasteiger partial charge is 0.435 e. The van der Waals surface area contributed by atoms with Gasteiger partial charge in [-0.15, -0.1) is 0 Å². The van der Waals surface area contributed by atoms with Crippen molar-refractivity contribution < 1.29 is 13.5 Å². The first-order valence-electron chi connectivity index (χ1n) is 6.91. The molecule has 0 amide bonds. The van der Waals surface area contributed by atoms with Crippen molar-refractivity contribution in [1.82, 2.24) is 15.3 Å². The van der Waals surface area contributed by atoms with Crippen LogP contribution in [0.25, 0.3) is 0 Å². The zero-order chi connectivity index (χ0) is 15.1. The lowest BCUT2D eigenvalue weighted by molar-refractivity contribution is -0.0499. The highest BCUT2D eigenvalue weighted by Crippen LogP contribution is 2.20. The molecule has 0 fully saturated rings. The molecule has 2 N–H and O–H groups in total. The van der Waals surface area contributed by atoms with Crippen LogP contribution in [0.15, 0.2) is 36.7 Å². The first kappa shape index (κ1) is 15.4. The first-order valence-corrected chi connectivity index (χ1v) is 6.91. The van der Waals surface area contributed by atoms with Gasteiger partial charge in [0.15, 0.2) is 0 Å². The van der Waals surface area contributed by atoms with Gasteiger partial charge in [-0.25, -0.2) is 4.98 Å². The average Bonchev–Trinajstić information content (AvgIpc) is 2.96. The number of rotatable bonds is 8. The fourth-order valence-corrected chi connectivity index (χ4v) is 2.09. The monoisotopic (exact) mass is 295 g/mol. The van der Waals surface area contributed by atoms with E-state index in [1.165, 1.54) is 6.07 Å². The molecule has 0 spiro atoms. The van der Waals surface area contributed by atoms with Crippen LogP contribution in [-0.4, -0.2) is 23.1 Å². The van der Waals surface area contributed by atoms with Crippen LogP contribution in [0.5, 0.6) is 5.75 Å².